The lowest BCUT2D eigenvalue weighted by Crippen LogP contribution is -2.49. The first kappa shape index (κ1) is 15.5. The maximum atomic E-state index is 4.65. The van der Waals surface area contributed by atoms with E-state index in [-0.39, 0.29) is 0 Å². The number of hydrogen-bond donors (Lipinski definition) is 1. The Balaban J connectivity index is 1.51. The molecule has 0 amide bonds. The lowest BCUT2D eigenvalue weighted by molar-refractivity contribution is 0.196. The van der Waals surface area contributed by atoms with E-state index < -0.39 is 0 Å². The molecule has 2 aliphatic rings. The van der Waals surface area contributed by atoms with Gasteiger partial charge < -0.3 is 15.1 Å². The molecule has 1 N–H and O–H groups in total. The molecule has 3 heterocycles. The molecule has 2 aliphatic heterocycles. The normalized spacial score (nSPS) is 21.1. The predicted octanol–water partition coefficient (Wildman–Crippen LogP) is 0.664. The quantitative estimate of drug-likeness (QED) is 0.882. The van der Waals surface area contributed by atoms with Crippen LogP contribution in [0.15, 0.2) is 12.3 Å². The number of piperidine rings is 1. The standard InChI is InChI=1S/C16H28N6/c1-20(2)16-18-8-5-15(19-16)22-11-9-21(10-12-22)13-14-3-6-17-7-4-14/h5,8,14,17H,3-4,6-7,9-13H2,1-2H3. The zero-order chi connectivity index (χ0) is 15.4. The van der Waals surface area contributed by atoms with E-state index in [1.165, 1.54) is 32.5 Å². The van der Waals surface area contributed by atoms with Gasteiger partial charge in [0.05, 0.1) is 0 Å². The van der Waals surface area contributed by atoms with Crippen LogP contribution in [0.25, 0.3) is 0 Å². The Morgan fingerprint density at radius 1 is 1.18 bits per heavy atom. The van der Waals surface area contributed by atoms with Crippen LogP contribution in [0.5, 0.6) is 0 Å². The summed E-state index contributed by atoms with van der Waals surface area (Å²) in [5, 5.41) is 3.45. The first-order valence-electron chi connectivity index (χ1n) is 8.41. The van der Waals surface area contributed by atoms with Gasteiger partial charge in [-0.15, -0.1) is 0 Å². The van der Waals surface area contributed by atoms with Gasteiger partial charge in [0.1, 0.15) is 5.82 Å². The lowest BCUT2D eigenvalue weighted by Gasteiger charge is -2.37. The summed E-state index contributed by atoms with van der Waals surface area (Å²) < 4.78 is 0. The third kappa shape index (κ3) is 3.87. The van der Waals surface area contributed by atoms with Gasteiger partial charge in [0.25, 0.3) is 0 Å². The predicted molar refractivity (Wildman–Crippen MR) is 90.6 cm³/mol. The minimum Gasteiger partial charge on any atom is -0.354 e. The molecule has 0 aliphatic carbocycles. The number of hydrogen-bond acceptors (Lipinski definition) is 6. The molecule has 6 nitrogen and oxygen atoms in total. The van der Waals surface area contributed by atoms with E-state index >= 15 is 0 Å². The van der Waals surface area contributed by atoms with Crippen LogP contribution in [0, 0.1) is 5.92 Å². The minimum absolute atomic E-state index is 0.787. The minimum atomic E-state index is 0.787. The first-order valence-corrected chi connectivity index (χ1v) is 8.41. The van der Waals surface area contributed by atoms with Gasteiger partial charge in [-0.25, -0.2) is 4.98 Å². The van der Waals surface area contributed by atoms with Crippen LogP contribution < -0.4 is 15.1 Å². The van der Waals surface area contributed by atoms with E-state index in [0.29, 0.717) is 0 Å². The molecule has 0 spiro atoms. The molecule has 0 atom stereocenters. The van der Waals surface area contributed by atoms with Crippen molar-refractivity contribution < 1.29 is 0 Å². The van der Waals surface area contributed by atoms with Crippen molar-refractivity contribution in [3.8, 4) is 0 Å². The molecular formula is C16H28N6. The van der Waals surface area contributed by atoms with Crippen LogP contribution in [0.2, 0.25) is 0 Å². The van der Waals surface area contributed by atoms with Crippen LogP contribution in [0.4, 0.5) is 11.8 Å². The second-order valence-electron chi connectivity index (χ2n) is 6.59. The molecule has 0 bridgehead atoms. The Labute approximate surface area is 133 Å². The van der Waals surface area contributed by atoms with Gasteiger partial charge in [0, 0.05) is 53.0 Å². The molecule has 2 saturated heterocycles. The number of aromatic nitrogens is 2. The number of nitrogens with zero attached hydrogens (tertiary/aromatic N) is 5. The fourth-order valence-electron chi connectivity index (χ4n) is 3.32. The van der Waals surface area contributed by atoms with Crippen molar-refractivity contribution in [3.63, 3.8) is 0 Å². The topological polar surface area (TPSA) is 47.5 Å². The van der Waals surface area contributed by atoms with E-state index in [0.717, 1.165) is 43.9 Å². The summed E-state index contributed by atoms with van der Waals surface area (Å²) in [5.41, 5.74) is 0. The van der Waals surface area contributed by atoms with Crippen molar-refractivity contribution in [1.29, 1.82) is 0 Å². The highest BCUT2D eigenvalue weighted by molar-refractivity contribution is 5.43. The maximum Gasteiger partial charge on any atom is 0.226 e. The summed E-state index contributed by atoms with van der Waals surface area (Å²) in [6.07, 6.45) is 4.52. The molecule has 0 radical (unpaired) electrons. The Bertz CT molecular complexity index is 463. The van der Waals surface area contributed by atoms with Crippen LogP contribution in [-0.2, 0) is 0 Å². The van der Waals surface area contributed by atoms with Crippen molar-refractivity contribution >= 4 is 11.8 Å². The van der Waals surface area contributed by atoms with Crippen LogP contribution in [0.1, 0.15) is 12.8 Å². The highest BCUT2D eigenvalue weighted by atomic mass is 15.3. The van der Waals surface area contributed by atoms with E-state index in [4.69, 9.17) is 0 Å². The van der Waals surface area contributed by atoms with E-state index in [1.807, 2.05) is 31.3 Å². The molecule has 1 aromatic heterocycles. The zero-order valence-corrected chi connectivity index (χ0v) is 13.8. The van der Waals surface area contributed by atoms with Crippen molar-refractivity contribution in [1.82, 2.24) is 20.2 Å². The first-order chi connectivity index (χ1) is 10.7. The molecule has 0 aromatic carbocycles. The molecule has 0 unspecified atom stereocenters. The SMILES string of the molecule is CN(C)c1nccc(N2CCN(CC3CCNCC3)CC2)n1. The zero-order valence-electron chi connectivity index (χ0n) is 13.8. The highest BCUT2D eigenvalue weighted by Crippen LogP contribution is 2.18. The molecular weight excluding hydrogens is 276 g/mol. The van der Waals surface area contributed by atoms with Gasteiger partial charge in [-0.3, -0.25) is 4.90 Å². The van der Waals surface area contributed by atoms with Gasteiger partial charge in [0.15, 0.2) is 0 Å². The average molecular weight is 304 g/mol. The molecule has 2 fully saturated rings. The molecule has 0 saturated carbocycles. The third-order valence-electron chi connectivity index (χ3n) is 4.70. The number of anilines is 2. The Hall–Kier alpha value is -1.40. The highest BCUT2D eigenvalue weighted by Gasteiger charge is 2.22. The van der Waals surface area contributed by atoms with Crippen molar-refractivity contribution in [2.45, 2.75) is 12.8 Å². The lowest BCUT2D eigenvalue weighted by atomic mass is 9.97. The summed E-state index contributed by atoms with van der Waals surface area (Å²) in [6.45, 7) is 8.07. The fraction of sp³-hybridized carbons (Fsp3) is 0.750. The Morgan fingerprint density at radius 2 is 1.91 bits per heavy atom. The third-order valence-corrected chi connectivity index (χ3v) is 4.70. The second kappa shape index (κ2) is 7.24. The smallest absolute Gasteiger partial charge is 0.226 e. The van der Waals surface area contributed by atoms with Crippen LogP contribution >= 0.6 is 0 Å². The molecule has 1 aromatic rings. The summed E-state index contributed by atoms with van der Waals surface area (Å²) in [7, 11) is 3.96. The van der Waals surface area contributed by atoms with Crippen molar-refractivity contribution in [2.24, 2.45) is 5.92 Å². The van der Waals surface area contributed by atoms with Gasteiger partial charge in [-0.2, -0.15) is 4.98 Å². The molecule has 122 valence electrons. The average Bonchev–Trinajstić information content (AvgIpc) is 2.56. The van der Waals surface area contributed by atoms with E-state index in [9.17, 15) is 0 Å². The Kier molecular flexibility index (Phi) is 5.10. The van der Waals surface area contributed by atoms with Crippen LogP contribution in [0.3, 0.4) is 0 Å². The fourth-order valence-corrected chi connectivity index (χ4v) is 3.32. The summed E-state index contributed by atoms with van der Waals surface area (Å²) in [6, 6.07) is 2.02. The molecule has 6 heteroatoms. The largest absolute Gasteiger partial charge is 0.354 e. The Morgan fingerprint density at radius 3 is 2.59 bits per heavy atom. The molecule has 3 rings (SSSR count). The summed E-state index contributed by atoms with van der Waals surface area (Å²) in [5.74, 6) is 2.72. The maximum absolute atomic E-state index is 4.65. The van der Waals surface area contributed by atoms with E-state index in [2.05, 4.69) is 25.1 Å². The number of nitrogens with one attached hydrogen (secondary N) is 1. The second-order valence-corrected chi connectivity index (χ2v) is 6.59. The molecule has 22 heavy (non-hydrogen) atoms. The number of rotatable bonds is 4. The van der Waals surface area contributed by atoms with Gasteiger partial charge in [-0.05, 0) is 37.9 Å². The van der Waals surface area contributed by atoms with Crippen LogP contribution in [-0.4, -0.2) is 74.8 Å². The van der Waals surface area contributed by atoms with Crippen molar-refractivity contribution in [2.75, 3.05) is 69.7 Å². The van der Waals surface area contributed by atoms with Crippen molar-refractivity contribution in [3.05, 3.63) is 12.3 Å². The summed E-state index contributed by atoms with van der Waals surface area (Å²) in [4.78, 5) is 15.9. The monoisotopic (exact) mass is 304 g/mol. The number of piperazine rings is 1. The van der Waals surface area contributed by atoms with E-state index in [1.54, 1.807) is 0 Å². The summed E-state index contributed by atoms with van der Waals surface area (Å²) >= 11 is 0. The van der Waals surface area contributed by atoms with Gasteiger partial charge in [-0.1, -0.05) is 0 Å². The van der Waals surface area contributed by atoms with Gasteiger partial charge in [0.2, 0.25) is 5.95 Å². The van der Waals surface area contributed by atoms with Gasteiger partial charge >= 0.3 is 0 Å².